The van der Waals surface area contributed by atoms with Gasteiger partial charge in [0.25, 0.3) is 0 Å². The van der Waals surface area contributed by atoms with Crippen molar-refractivity contribution in [3.05, 3.63) is 59.2 Å². The number of aryl methyl sites for hydroxylation is 1. The van der Waals surface area contributed by atoms with E-state index in [-0.39, 0.29) is 5.57 Å². The lowest BCUT2D eigenvalue weighted by Crippen LogP contribution is -2.02. The summed E-state index contributed by atoms with van der Waals surface area (Å²) in [5, 5.41) is 9.62. The highest BCUT2D eigenvalue weighted by Crippen LogP contribution is 2.28. The van der Waals surface area contributed by atoms with Crippen molar-refractivity contribution in [2.75, 3.05) is 13.7 Å². The fourth-order valence-corrected chi connectivity index (χ4v) is 2.36. The van der Waals surface area contributed by atoms with Crippen molar-refractivity contribution < 1.29 is 19.4 Å². The Kier molecular flexibility index (Phi) is 5.41. The van der Waals surface area contributed by atoms with Crippen LogP contribution in [0.15, 0.2) is 42.5 Å². The van der Waals surface area contributed by atoms with Crippen molar-refractivity contribution in [2.45, 2.75) is 13.8 Å². The maximum atomic E-state index is 11.7. The molecule has 0 saturated heterocycles. The fraction of sp³-hybridized carbons (Fsp3) is 0.211. The summed E-state index contributed by atoms with van der Waals surface area (Å²) < 4.78 is 10.7. The monoisotopic (exact) mass is 312 g/mol. The second kappa shape index (κ2) is 7.49. The molecule has 4 heteroatoms. The predicted octanol–water partition coefficient (Wildman–Crippen LogP) is 4.03. The van der Waals surface area contributed by atoms with E-state index in [0.29, 0.717) is 23.7 Å². The molecule has 0 aliphatic rings. The number of rotatable bonds is 6. The van der Waals surface area contributed by atoms with Crippen molar-refractivity contribution in [3.8, 4) is 11.5 Å². The highest BCUT2D eigenvalue weighted by molar-refractivity contribution is 6.21. The Morgan fingerprint density at radius 2 is 1.96 bits per heavy atom. The summed E-state index contributed by atoms with van der Waals surface area (Å²) in [6.07, 6.45) is 1.64. The third-order valence-electron chi connectivity index (χ3n) is 3.47. The van der Waals surface area contributed by atoms with E-state index >= 15 is 0 Å². The molecule has 0 radical (unpaired) electrons. The van der Waals surface area contributed by atoms with Crippen LogP contribution in [0.1, 0.15) is 23.6 Å². The molecule has 120 valence electrons. The van der Waals surface area contributed by atoms with E-state index in [1.54, 1.807) is 25.3 Å². The SMILES string of the molecule is CCOc1ccccc1/C=C(\C(=O)O)c1ccc(OC)cc1C. The number of para-hydroxylation sites is 1. The van der Waals surface area contributed by atoms with Gasteiger partial charge in [0.2, 0.25) is 0 Å². The number of aliphatic carboxylic acids is 1. The average molecular weight is 312 g/mol. The minimum absolute atomic E-state index is 0.220. The standard InChI is InChI=1S/C19H20O4/c1-4-23-18-8-6-5-7-14(18)12-17(19(20)21)16-10-9-15(22-3)11-13(16)2/h5-12H,4H2,1-3H3,(H,20,21)/b17-12-. The number of carboxylic acids is 1. The smallest absolute Gasteiger partial charge is 0.336 e. The molecule has 2 aromatic rings. The van der Waals surface area contributed by atoms with Gasteiger partial charge in [-0.05, 0) is 49.2 Å². The molecule has 0 aliphatic carbocycles. The molecule has 0 atom stereocenters. The van der Waals surface area contributed by atoms with Gasteiger partial charge in [-0.25, -0.2) is 4.79 Å². The van der Waals surface area contributed by atoms with Gasteiger partial charge in [-0.3, -0.25) is 0 Å². The summed E-state index contributed by atoms with van der Waals surface area (Å²) in [6, 6.07) is 12.7. The van der Waals surface area contributed by atoms with Crippen LogP contribution >= 0.6 is 0 Å². The molecule has 0 saturated carbocycles. The van der Waals surface area contributed by atoms with Crippen LogP contribution in [-0.2, 0) is 4.79 Å². The first-order valence-electron chi connectivity index (χ1n) is 7.38. The molecule has 0 heterocycles. The number of benzene rings is 2. The molecular formula is C19H20O4. The van der Waals surface area contributed by atoms with Crippen LogP contribution in [0, 0.1) is 6.92 Å². The van der Waals surface area contributed by atoms with Crippen molar-refractivity contribution in [3.63, 3.8) is 0 Å². The van der Waals surface area contributed by atoms with Gasteiger partial charge in [0.1, 0.15) is 11.5 Å². The molecule has 0 aliphatic heterocycles. The van der Waals surface area contributed by atoms with Crippen molar-refractivity contribution in [1.82, 2.24) is 0 Å². The summed E-state index contributed by atoms with van der Waals surface area (Å²) in [4.78, 5) is 11.7. The lowest BCUT2D eigenvalue weighted by atomic mass is 9.98. The molecule has 0 amide bonds. The summed E-state index contributed by atoms with van der Waals surface area (Å²) in [5.41, 5.74) is 2.45. The second-order valence-corrected chi connectivity index (χ2v) is 5.01. The molecule has 0 unspecified atom stereocenters. The normalized spacial score (nSPS) is 11.2. The molecule has 0 bridgehead atoms. The van der Waals surface area contributed by atoms with Crippen molar-refractivity contribution in [1.29, 1.82) is 0 Å². The van der Waals surface area contributed by atoms with E-state index < -0.39 is 5.97 Å². The van der Waals surface area contributed by atoms with Gasteiger partial charge in [-0.2, -0.15) is 0 Å². The summed E-state index contributed by atoms with van der Waals surface area (Å²) >= 11 is 0. The lowest BCUT2D eigenvalue weighted by molar-refractivity contribution is -0.130. The summed E-state index contributed by atoms with van der Waals surface area (Å²) in [5.74, 6) is 0.384. The van der Waals surface area contributed by atoms with Gasteiger partial charge in [-0.15, -0.1) is 0 Å². The van der Waals surface area contributed by atoms with Crippen molar-refractivity contribution in [2.24, 2.45) is 0 Å². The van der Waals surface area contributed by atoms with E-state index in [2.05, 4.69) is 0 Å². The van der Waals surface area contributed by atoms with Gasteiger partial charge in [-0.1, -0.05) is 24.3 Å². The molecule has 1 N–H and O–H groups in total. The first kappa shape index (κ1) is 16.6. The summed E-state index contributed by atoms with van der Waals surface area (Å²) in [6.45, 7) is 4.28. The largest absolute Gasteiger partial charge is 0.497 e. The number of methoxy groups -OCH3 is 1. The average Bonchev–Trinajstić information content (AvgIpc) is 2.54. The highest BCUT2D eigenvalue weighted by atomic mass is 16.5. The maximum Gasteiger partial charge on any atom is 0.336 e. The van der Waals surface area contributed by atoms with Gasteiger partial charge in [0.05, 0.1) is 19.3 Å². The van der Waals surface area contributed by atoms with Gasteiger partial charge < -0.3 is 14.6 Å². The maximum absolute atomic E-state index is 11.7. The second-order valence-electron chi connectivity index (χ2n) is 5.01. The Hall–Kier alpha value is -2.75. The van der Waals surface area contributed by atoms with E-state index in [9.17, 15) is 9.90 Å². The highest BCUT2D eigenvalue weighted by Gasteiger charge is 2.14. The van der Waals surface area contributed by atoms with E-state index in [0.717, 1.165) is 11.1 Å². The van der Waals surface area contributed by atoms with Crippen LogP contribution in [0.3, 0.4) is 0 Å². The third-order valence-corrected chi connectivity index (χ3v) is 3.47. The Bertz CT molecular complexity index is 732. The van der Waals surface area contributed by atoms with Gasteiger partial charge in [0, 0.05) is 5.56 Å². The lowest BCUT2D eigenvalue weighted by Gasteiger charge is -2.11. The first-order chi connectivity index (χ1) is 11.1. The van der Waals surface area contributed by atoms with E-state index in [1.165, 1.54) is 0 Å². The van der Waals surface area contributed by atoms with Crippen LogP contribution in [0.4, 0.5) is 0 Å². The first-order valence-corrected chi connectivity index (χ1v) is 7.38. The Labute approximate surface area is 136 Å². The van der Waals surface area contributed by atoms with Gasteiger partial charge >= 0.3 is 5.97 Å². The summed E-state index contributed by atoms with van der Waals surface area (Å²) in [7, 11) is 1.58. The molecule has 0 spiro atoms. The van der Waals surface area contributed by atoms with Gasteiger partial charge in [0.15, 0.2) is 0 Å². The molecule has 4 nitrogen and oxygen atoms in total. The number of hydrogen-bond donors (Lipinski definition) is 1. The molecule has 2 rings (SSSR count). The fourth-order valence-electron chi connectivity index (χ4n) is 2.36. The Balaban J connectivity index is 2.53. The predicted molar refractivity (Wildman–Crippen MR) is 90.8 cm³/mol. The quantitative estimate of drug-likeness (QED) is 0.646. The van der Waals surface area contributed by atoms with Crippen LogP contribution < -0.4 is 9.47 Å². The van der Waals surface area contributed by atoms with E-state index in [1.807, 2.05) is 44.2 Å². The van der Waals surface area contributed by atoms with Crippen LogP contribution in [-0.4, -0.2) is 24.8 Å². The topological polar surface area (TPSA) is 55.8 Å². The molecule has 0 aromatic heterocycles. The number of carboxylic acid groups (broad SMARTS) is 1. The number of hydrogen-bond acceptors (Lipinski definition) is 3. The number of carbonyl (C=O) groups is 1. The number of ether oxygens (including phenoxy) is 2. The zero-order chi connectivity index (χ0) is 16.8. The zero-order valence-corrected chi connectivity index (χ0v) is 13.5. The molecule has 0 fully saturated rings. The Morgan fingerprint density at radius 1 is 1.22 bits per heavy atom. The van der Waals surface area contributed by atoms with Crippen LogP contribution in [0.25, 0.3) is 11.6 Å². The Morgan fingerprint density at radius 3 is 2.57 bits per heavy atom. The molecular weight excluding hydrogens is 292 g/mol. The minimum Gasteiger partial charge on any atom is -0.497 e. The van der Waals surface area contributed by atoms with E-state index in [4.69, 9.17) is 9.47 Å². The van der Waals surface area contributed by atoms with Crippen LogP contribution in [0.5, 0.6) is 11.5 Å². The molecule has 23 heavy (non-hydrogen) atoms. The van der Waals surface area contributed by atoms with Crippen molar-refractivity contribution >= 4 is 17.6 Å². The third kappa shape index (κ3) is 3.92. The van der Waals surface area contributed by atoms with Crippen LogP contribution in [0.2, 0.25) is 0 Å². The zero-order valence-electron chi connectivity index (χ0n) is 13.5. The molecule has 2 aromatic carbocycles. The minimum atomic E-state index is -0.982.